The van der Waals surface area contributed by atoms with E-state index in [4.69, 9.17) is 14.2 Å². The molecule has 0 aliphatic rings. The third kappa shape index (κ3) is 6.36. The van der Waals surface area contributed by atoms with Gasteiger partial charge in [-0.05, 0) is 49.8 Å². The lowest BCUT2D eigenvalue weighted by molar-refractivity contribution is -0.145. The van der Waals surface area contributed by atoms with Crippen molar-refractivity contribution in [3.63, 3.8) is 0 Å². The van der Waals surface area contributed by atoms with E-state index in [1.807, 2.05) is 25.1 Å². The molecule has 1 N–H and O–H groups in total. The molecule has 8 heteroatoms. The maximum Gasteiger partial charge on any atom is 0.344 e. The summed E-state index contributed by atoms with van der Waals surface area (Å²) in [5.41, 5.74) is 2.10. The zero-order valence-corrected chi connectivity index (χ0v) is 18.4. The molecule has 0 spiro atoms. The van der Waals surface area contributed by atoms with E-state index in [2.05, 4.69) is 21.2 Å². The average molecular weight is 473 g/mol. The number of nitrogens with one attached hydrogen (secondary N) is 1. The van der Waals surface area contributed by atoms with E-state index >= 15 is 0 Å². The van der Waals surface area contributed by atoms with E-state index in [-0.39, 0.29) is 18.8 Å². The molecule has 7 nitrogen and oxygen atoms in total. The van der Waals surface area contributed by atoms with Crippen LogP contribution in [0, 0.1) is 18.3 Å². The Labute approximate surface area is 183 Å². The molecule has 0 aromatic heterocycles. The van der Waals surface area contributed by atoms with Crippen LogP contribution >= 0.6 is 15.9 Å². The minimum absolute atomic E-state index is 0.0847. The molecule has 2 aromatic carbocycles. The fourth-order valence-electron chi connectivity index (χ4n) is 2.41. The van der Waals surface area contributed by atoms with E-state index in [1.54, 1.807) is 31.2 Å². The SMILES string of the molecule is CCOC(=O)COc1cc(Br)c(/C=C(\C#N)C(=O)Nc2ccc(C)cc2)cc1OC. The summed E-state index contributed by atoms with van der Waals surface area (Å²) in [6.07, 6.45) is 1.44. The van der Waals surface area contributed by atoms with Crippen LogP contribution < -0.4 is 14.8 Å². The molecule has 1 amide bonds. The van der Waals surface area contributed by atoms with Gasteiger partial charge in [0, 0.05) is 10.2 Å². The first-order valence-electron chi connectivity index (χ1n) is 9.03. The highest BCUT2D eigenvalue weighted by Gasteiger charge is 2.15. The molecule has 30 heavy (non-hydrogen) atoms. The predicted molar refractivity (Wildman–Crippen MR) is 116 cm³/mol. The Morgan fingerprint density at radius 2 is 1.90 bits per heavy atom. The Morgan fingerprint density at radius 1 is 1.20 bits per heavy atom. The summed E-state index contributed by atoms with van der Waals surface area (Å²) in [5, 5.41) is 12.1. The second kappa shape index (κ2) is 11.0. The molecule has 0 heterocycles. The number of rotatable bonds is 8. The first kappa shape index (κ1) is 23.0. The van der Waals surface area contributed by atoms with Crippen LogP contribution in [0.2, 0.25) is 0 Å². The average Bonchev–Trinajstić information content (AvgIpc) is 2.73. The molecule has 0 unspecified atom stereocenters. The van der Waals surface area contributed by atoms with Crippen molar-refractivity contribution in [2.45, 2.75) is 13.8 Å². The van der Waals surface area contributed by atoms with Gasteiger partial charge in [-0.2, -0.15) is 5.26 Å². The number of nitriles is 1. The number of hydrogen-bond acceptors (Lipinski definition) is 6. The van der Waals surface area contributed by atoms with Gasteiger partial charge in [0.2, 0.25) is 0 Å². The number of anilines is 1. The van der Waals surface area contributed by atoms with Gasteiger partial charge in [0.1, 0.15) is 11.6 Å². The van der Waals surface area contributed by atoms with E-state index in [1.165, 1.54) is 13.2 Å². The largest absolute Gasteiger partial charge is 0.493 e. The van der Waals surface area contributed by atoms with Gasteiger partial charge in [0.05, 0.1) is 13.7 Å². The lowest BCUT2D eigenvalue weighted by Crippen LogP contribution is -2.15. The van der Waals surface area contributed by atoms with Crippen molar-refractivity contribution in [3.05, 3.63) is 57.6 Å². The smallest absolute Gasteiger partial charge is 0.344 e. The molecule has 156 valence electrons. The van der Waals surface area contributed by atoms with Crippen LogP contribution in [0.15, 0.2) is 46.4 Å². The van der Waals surface area contributed by atoms with Crippen molar-refractivity contribution in [1.82, 2.24) is 0 Å². The van der Waals surface area contributed by atoms with Gasteiger partial charge in [0.25, 0.3) is 5.91 Å². The number of benzene rings is 2. The maximum absolute atomic E-state index is 12.5. The topological polar surface area (TPSA) is 97.7 Å². The van der Waals surface area contributed by atoms with Gasteiger partial charge in [-0.3, -0.25) is 4.79 Å². The summed E-state index contributed by atoms with van der Waals surface area (Å²) < 4.78 is 16.1. The molecule has 2 rings (SSSR count). The Bertz CT molecular complexity index is 994. The summed E-state index contributed by atoms with van der Waals surface area (Å²) in [5.74, 6) is -0.378. The second-order valence-corrected chi connectivity index (χ2v) is 6.96. The predicted octanol–water partition coefficient (Wildman–Crippen LogP) is 4.25. The van der Waals surface area contributed by atoms with Crippen LogP contribution in [0.4, 0.5) is 5.69 Å². The highest BCUT2D eigenvalue weighted by Crippen LogP contribution is 2.34. The quantitative estimate of drug-likeness (QED) is 0.350. The van der Waals surface area contributed by atoms with Gasteiger partial charge >= 0.3 is 5.97 Å². The first-order chi connectivity index (χ1) is 14.4. The number of carbonyl (C=O) groups is 2. The van der Waals surface area contributed by atoms with Gasteiger partial charge in [-0.25, -0.2) is 4.79 Å². The number of halogens is 1. The Hall–Kier alpha value is -3.31. The number of amides is 1. The highest BCUT2D eigenvalue weighted by molar-refractivity contribution is 9.10. The number of aryl methyl sites for hydroxylation is 1. The third-order valence-electron chi connectivity index (χ3n) is 3.91. The van der Waals surface area contributed by atoms with Crippen molar-refractivity contribution < 1.29 is 23.8 Å². The van der Waals surface area contributed by atoms with Gasteiger partial charge in [0.15, 0.2) is 18.1 Å². The molecule has 0 aliphatic heterocycles. The number of ether oxygens (including phenoxy) is 3. The second-order valence-electron chi connectivity index (χ2n) is 6.11. The fraction of sp³-hybridized carbons (Fsp3) is 0.227. The van der Waals surface area contributed by atoms with Crippen LogP contribution in [-0.2, 0) is 14.3 Å². The molecule has 0 saturated heterocycles. The monoisotopic (exact) mass is 472 g/mol. The van der Waals surface area contributed by atoms with Gasteiger partial charge in [-0.15, -0.1) is 0 Å². The number of hydrogen-bond donors (Lipinski definition) is 1. The molecule has 0 saturated carbocycles. The molecule has 0 atom stereocenters. The molecular weight excluding hydrogens is 452 g/mol. The van der Waals surface area contributed by atoms with Crippen LogP contribution in [0.25, 0.3) is 6.08 Å². The van der Waals surface area contributed by atoms with Crippen molar-refractivity contribution >= 4 is 39.6 Å². The number of methoxy groups -OCH3 is 1. The summed E-state index contributed by atoms with van der Waals surface area (Å²) >= 11 is 3.39. The summed E-state index contributed by atoms with van der Waals surface area (Å²) in [4.78, 5) is 24.0. The molecule has 2 aromatic rings. The standard InChI is InChI=1S/C22H21BrN2O5/c1-4-29-21(26)13-30-20-11-18(23)15(10-19(20)28-3)9-16(12-24)22(27)25-17-7-5-14(2)6-8-17/h5-11H,4,13H2,1-3H3,(H,25,27)/b16-9+. The zero-order chi connectivity index (χ0) is 22.1. The molecule has 0 bridgehead atoms. The third-order valence-corrected chi connectivity index (χ3v) is 4.59. The molecule has 0 aliphatic carbocycles. The molecular formula is C22H21BrN2O5. The summed E-state index contributed by atoms with van der Waals surface area (Å²) in [7, 11) is 1.45. The van der Waals surface area contributed by atoms with E-state index < -0.39 is 11.9 Å². The highest BCUT2D eigenvalue weighted by atomic mass is 79.9. The van der Waals surface area contributed by atoms with Gasteiger partial charge in [-0.1, -0.05) is 33.6 Å². The Balaban J connectivity index is 2.24. The molecule has 0 radical (unpaired) electrons. The minimum atomic E-state index is -0.533. The first-order valence-corrected chi connectivity index (χ1v) is 9.83. The van der Waals surface area contributed by atoms with Crippen molar-refractivity contribution in [2.24, 2.45) is 0 Å². The van der Waals surface area contributed by atoms with E-state index in [9.17, 15) is 14.9 Å². The minimum Gasteiger partial charge on any atom is -0.493 e. The number of nitrogens with zero attached hydrogens (tertiary/aromatic N) is 1. The van der Waals surface area contributed by atoms with Crippen molar-refractivity contribution in [3.8, 4) is 17.6 Å². The fourth-order valence-corrected chi connectivity index (χ4v) is 2.85. The Morgan fingerprint density at radius 3 is 2.50 bits per heavy atom. The van der Waals surface area contributed by atoms with Crippen LogP contribution in [0.5, 0.6) is 11.5 Å². The lowest BCUT2D eigenvalue weighted by atomic mass is 10.1. The van der Waals surface area contributed by atoms with Gasteiger partial charge < -0.3 is 19.5 Å². The maximum atomic E-state index is 12.5. The zero-order valence-electron chi connectivity index (χ0n) is 16.8. The number of esters is 1. The molecule has 0 fully saturated rings. The van der Waals surface area contributed by atoms with E-state index in [0.29, 0.717) is 27.2 Å². The van der Waals surface area contributed by atoms with Crippen molar-refractivity contribution in [1.29, 1.82) is 5.26 Å². The van der Waals surface area contributed by atoms with Crippen LogP contribution in [0.3, 0.4) is 0 Å². The van der Waals surface area contributed by atoms with Crippen molar-refractivity contribution in [2.75, 3.05) is 25.6 Å². The van der Waals surface area contributed by atoms with Crippen LogP contribution in [-0.4, -0.2) is 32.2 Å². The summed E-state index contributed by atoms with van der Waals surface area (Å²) in [6, 6.07) is 12.4. The van der Waals surface area contributed by atoms with E-state index in [0.717, 1.165) is 5.56 Å². The Kier molecular flexibility index (Phi) is 8.44. The normalized spacial score (nSPS) is 10.7. The lowest BCUT2D eigenvalue weighted by Gasteiger charge is -2.12. The summed E-state index contributed by atoms with van der Waals surface area (Å²) in [6.45, 7) is 3.64. The number of carbonyl (C=O) groups excluding carboxylic acids is 2. The van der Waals surface area contributed by atoms with Crippen LogP contribution in [0.1, 0.15) is 18.1 Å².